The summed E-state index contributed by atoms with van der Waals surface area (Å²) in [7, 11) is 1.80. The number of amides is 1. The summed E-state index contributed by atoms with van der Waals surface area (Å²) in [6.45, 7) is 1.65. The minimum atomic E-state index is -0.0566. The predicted molar refractivity (Wildman–Crippen MR) is 77.2 cm³/mol. The molecule has 3 rings (SSSR count). The molecule has 0 atom stereocenters. The summed E-state index contributed by atoms with van der Waals surface area (Å²) < 4.78 is 12.5. The molecule has 6 nitrogen and oxygen atoms in total. The summed E-state index contributed by atoms with van der Waals surface area (Å²) in [5.74, 6) is 1.18. The lowest BCUT2D eigenvalue weighted by atomic mass is 10.2. The topological polar surface area (TPSA) is 56.6 Å². The Bertz CT molecular complexity index is 624. The normalized spacial score (nSPS) is 15.3. The first-order valence-corrected chi connectivity index (χ1v) is 6.83. The Morgan fingerprint density at radius 1 is 1.33 bits per heavy atom. The van der Waals surface area contributed by atoms with Crippen molar-refractivity contribution < 1.29 is 14.3 Å². The van der Waals surface area contributed by atoms with Crippen molar-refractivity contribution in [3.8, 4) is 5.88 Å². The van der Waals surface area contributed by atoms with Crippen LogP contribution in [0.4, 0.5) is 5.82 Å². The second-order valence-electron chi connectivity index (χ2n) is 4.84. The second kappa shape index (κ2) is 5.97. The molecule has 0 unspecified atom stereocenters. The number of hydrogen-bond donors (Lipinski definition) is 0. The third kappa shape index (κ3) is 3.05. The van der Waals surface area contributed by atoms with Gasteiger partial charge < -0.3 is 9.47 Å². The van der Waals surface area contributed by atoms with Gasteiger partial charge in [0.05, 0.1) is 13.2 Å². The smallest absolute Gasteiger partial charge is 0.254 e. The molecule has 1 amide bonds. The van der Waals surface area contributed by atoms with E-state index in [1.54, 1.807) is 22.7 Å². The number of morpholine rings is 1. The summed E-state index contributed by atoms with van der Waals surface area (Å²) in [6.07, 6.45) is 0. The fourth-order valence-electron chi connectivity index (χ4n) is 2.25. The maximum atomic E-state index is 11.9. The summed E-state index contributed by atoms with van der Waals surface area (Å²) in [4.78, 5) is 13.5. The van der Waals surface area contributed by atoms with Gasteiger partial charge in [0.2, 0.25) is 5.88 Å². The van der Waals surface area contributed by atoms with Crippen LogP contribution in [0.2, 0.25) is 0 Å². The molecular weight excluding hydrogens is 270 g/mol. The number of carbonyl (C=O) groups excluding carboxylic acids is 1. The molecule has 2 heterocycles. The van der Waals surface area contributed by atoms with E-state index in [4.69, 9.17) is 9.47 Å². The molecule has 0 spiro atoms. The lowest BCUT2D eigenvalue weighted by molar-refractivity contribution is -0.125. The van der Waals surface area contributed by atoms with Crippen molar-refractivity contribution in [2.45, 2.75) is 6.61 Å². The Kier molecular flexibility index (Phi) is 3.87. The summed E-state index contributed by atoms with van der Waals surface area (Å²) in [5.41, 5.74) is 1.08. The van der Waals surface area contributed by atoms with Gasteiger partial charge in [-0.2, -0.15) is 0 Å². The maximum Gasteiger partial charge on any atom is 0.254 e. The molecule has 0 aliphatic carbocycles. The highest BCUT2D eigenvalue weighted by Crippen LogP contribution is 2.22. The van der Waals surface area contributed by atoms with E-state index in [1.165, 1.54) is 0 Å². The van der Waals surface area contributed by atoms with Crippen LogP contribution in [0, 0.1) is 0 Å². The highest BCUT2D eigenvalue weighted by Gasteiger charge is 2.23. The van der Waals surface area contributed by atoms with Gasteiger partial charge >= 0.3 is 0 Å². The zero-order valence-electron chi connectivity index (χ0n) is 11.9. The molecule has 1 saturated heterocycles. The summed E-state index contributed by atoms with van der Waals surface area (Å²) >= 11 is 0. The van der Waals surface area contributed by atoms with E-state index in [-0.39, 0.29) is 12.5 Å². The Morgan fingerprint density at radius 3 is 2.90 bits per heavy atom. The Labute approximate surface area is 122 Å². The van der Waals surface area contributed by atoms with E-state index >= 15 is 0 Å². The predicted octanol–water partition coefficient (Wildman–Crippen LogP) is 1.36. The first kappa shape index (κ1) is 13.6. The molecule has 6 heteroatoms. The van der Waals surface area contributed by atoms with Crippen molar-refractivity contribution in [3.63, 3.8) is 0 Å². The van der Waals surface area contributed by atoms with Crippen LogP contribution in [-0.2, 0) is 23.2 Å². The standard InChI is InChI=1S/C15H17N3O3/c1-17-14(18-7-8-20-11-15(18)19)9-13(16-17)21-10-12-5-3-2-4-6-12/h2-6,9H,7-8,10-11H2,1H3. The van der Waals surface area contributed by atoms with Gasteiger partial charge in [0.1, 0.15) is 19.0 Å². The number of ether oxygens (including phenoxy) is 2. The SMILES string of the molecule is Cn1nc(OCc2ccccc2)cc1N1CCOCC1=O. The van der Waals surface area contributed by atoms with E-state index in [0.717, 1.165) is 11.4 Å². The molecule has 1 fully saturated rings. The molecule has 0 saturated carbocycles. The quantitative estimate of drug-likeness (QED) is 0.852. The molecule has 0 N–H and O–H groups in total. The number of aromatic nitrogens is 2. The molecular formula is C15H17N3O3. The first-order valence-electron chi connectivity index (χ1n) is 6.83. The molecule has 21 heavy (non-hydrogen) atoms. The van der Waals surface area contributed by atoms with Crippen LogP contribution in [0.25, 0.3) is 0 Å². The number of aryl methyl sites for hydroxylation is 1. The molecule has 1 aliphatic heterocycles. The minimum Gasteiger partial charge on any atom is -0.472 e. The third-order valence-corrected chi connectivity index (χ3v) is 3.32. The average Bonchev–Trinajstić information content (AvgIpc) is 2.88. The lowest BCUT2D eigenvalue weighted by Crippen LogP contribution is -2.42. The molecule has 1 aliphatic rings. The van der Waals surface area contributed by atoms with Crippen molar-refractivity contribution in [1.82, 2.24) is 9.78 Å². The van der Waals surface area contributed by atoms with Crippen molar-refractivity contribution in [2.75, 3.05) is 24.7 Å². The van der Waals surface area contributed by atoms with Gasteiger partial charge in [0.15, 0.2) is 0 Å². The highest BCUT2D eigenvalue weighted by atomic mass is 16.5. The maximum absolute atomic E-state index is 11.9. The van der Waals surface area contributed by atoms with E-state index in [0.29, 0.717) is 25.6 Å². The van der Waals surface area contributed by atoms with Crippen LogP contribution >= 0.6 is 0 Å². The number of carbonyl (C=O) groups is 1. The van der Waals surface area contributed by atoms with Gasteiger partial charge in [-0.15, -0.1) is 5.10 Å². The van der Waals surface area contributed by atoms with Crippen LogP contribution in [0.3, 0.4) is 0 Å². The molecule has 0 bridgehead atoms. The summed E-state index contributed by atoms with van der Waals surface area (Å²) in [6, 6.07) is 11.7. The Hall–Kier alpha value is -2.34. The number of rotatable bonds is 4. The fourth-order valence-corrected chi connectivity index (χ4v) is 2.25. The zero-order valence-corrected chi connectivity index (χ0v) is 11.9. The van der Waals surface area contributed by atoms with Crippen molar-refractivity contribution in [2.24, 2.45) is 7.05 Å². The van der Waals surface area contributed by atoms with E-state index in [9.17, 15) is 4.79 Å². The van der Waals surface area contributed by atoms with Crippen LogP contribution in [0.15, 0.2) is 36.4 Å². The Balaban J connectivity index is 1.70. The van der Waals surface area contributed by atoms with Crippen molar-refractivity contribution in [3.05, 3.63) is 42.0 Å². The van der Waals surface area contributed by atoms with Crippen LogP contribution < -0.4 is 9.64 Å². The number of anilines is 1. The molecule has 1 aromatic heterocycles. The van der Waals surface area contributed by atoms with Gasteiger partial charge in [-0.25, -0.2) is 4.68 Å². The fraction of sp³-hybridized carbons (Fsp3) is 0.333. The first-order chi connectivity index (χ1) is 10.2. The lowest BCUT2D eigenvalue weighted by Gasteiger charge is -2.26. The highest BCUT2D eigenvalue weighted by molar-refractivity contribution is 5.94. The van der Waals surface area contributed by atoms with E-state index in [2.05, 4.69) is 5.10 Å². The molecule has 0 radical (unpaired) electrons. The third-order valence-electron chi connectivity index (χ3n) is 3.32. The van der Waals surface area contributed by atoms with Crippen molar-refractivity contribution >= 4 is 11.7 Å². The second-order valence-corrected chi connectivity index (χ2v) is 4.84. The molecule has 110 valence electrons. The van der Waals surface area contributed by atoms with Gasteiger partial charge in [0, 0.05) is 13.1 Å². The Morgan fingerprint density at radius 2 is 2.14 bits per heavy atom. The number of benzene rings is 1. The molecule has 1 aromatic carbocycles. The van der Waals surface area contributed by atoms with Gasteiger partial charge in [-0.1, -0.05) is 30.3 Å². The van der Waals surface area contributed by atoms with Gasteiger partial charge in [-0.3, -0.25) is 9.69 Å². The van der Waals surface area contributed by atoms with Crippen LogP contribution in [0.1, 0.15) is 5.56 Å². The number of nitrogens with zero attached hydrogens (tertiary/aromatic N) is 3. The van der Waals surface area contributed by atoms with E-state index < -0.39 is 0 Å². The largest absolute Gasteiger partial charge is 0.472 e. The van der Waals surface area contributed by atoms with Crippen molar-refractivity contribution in [1.29, 1.82) is 0 Å². The number of hydrogen-bond acceptors (Lipinski definition) is 4. The monoisotopic (exact) mass is 287 g/mol. The minimum absolute atomic E-state index is 0.0566. The van der Waals surface area contributed by atoms with Gasteiger partial charge in [-0.05, 0) is 5.56 Å². The van der Waals surface area contributed by atoms with Crippen LogP contribution in [0.5, 0.6) is 5.88 Å². The van der Waals surface area contributed by atoms with Crippen LogP contribution in [-0.4, -0.2) is 35.4 Å². The van der Waals surface area contributed by atoms with Gasteiger partial charge in [0.25, 0.3) is 5.91 Å². The zero-order chi connectivity index (χ0) is 14.7. The molecule has 2 aromatic rings. The van der Waals surface area contributed by atoms with E-state index in [1.807, 2.05) is 30.3 Å². The summed E-state index contributed by atoms with van der Waals surface area (Å²) in [5, 5.41) is 4.30. The average molecular weight is 287 g/mol.